The van der Waals surface area contributed by atoms with Crippen LogP contribution in [0.2, 0.25) is 0 Å². The first-order valence-electron chi connectivity index (χ1n) is 4.06. The summed E-state index contributed by atoms with van der Waals surface area (Å²) in [4.78, 5) is 13.5. The van der Waals surface area contributed by atoms with Crippen molar-refractivity contribution in [3.63, 3.8) is 0 Å². The minimum atomic E-state index is -0.419. The average molecular weight is 193 g/mol. The van der Waals surface area contributed by atoms with Gasteiger partial charge in [-0.15, -0.1) is 0 Å². The molecule has 4 heteroatoms. The zero-order chi connectivity index (χ0) is 10.1. The number of hydrogen-bond acceptors (Lipinski definition) is 2. The summed E-state index contributed by atoms with van der Waals surface area (Å²) in [5.41, 5.74) is 1.06. The molecule has 0 saturated heterocycles. The van der Waals surface area contributed by atoms with Gasteiger partial charge in [0.1, 0.15) is 11.6 Å². The van der Waals surface area contributed by atoms with E-state index in [1.807, 2.05) is 0 Å². The first-order chi connectivity index (χ1) is 6.76. The number of hydrogen-bond donors (Lipinski definition) is 1. The van der Waals surface area contributed by atoms with E-state index in [4.69, 9.17) is 4.74 Å². The molecule has 0 aliphatic carbocycles. The molecule has 2 rings (SSSR count). The van der Waals surface area contributed by atoms with Crippen molar-refractivity contribution in [2.75, 3.05) is 7.11 Å². The minimum absolute atomic E-state index is 0.396. The molecule has 0 fully saturated rings. The van der Waals surface area contributed by atoms with Crippen LogP contribution >= 0.6 is 0 Å². The zero-order valence-electron chi connectivity index (χ0n) is 7.50. The molecular formula is C10H8FNO2. The largest absolute Gasteiger partial charge is 0.494 e. The van der Waals surface area contributed by atoms with Gasteiger partial charge in [0.15, 0.2) is 6.29 Å². The van der Waals surface area contributed by atoms with E-state index < -0.39 is 5.82 Å². The molecule has 0 spiro atoms. The summed E-state index contributed by atoms with van der Waals surface area (Å²) in [6.45, 7) is 0. The van der Waals surface area contributed by atoms with E-state index in [1.54, 1.807) is 0 Å². The fraction of sp³-hybridized carbons (Fsp3) is 0.100. The van der Waals surface area contributed by atoms with Crippen LogP contribution in [-0.2, 0) is 0 Å². The molecule has 1 heterocycles. The van der Waals surface area contributed by atoms with Crippen LogP contribution in [0.15, 0.2) is 18.3 Å². The maximum Gasteiger partial charge on any atom is 0.152 e. The lowest BCUT2D eigenvalue weighted by atomic mass is 10.2. The maximum absolute atomic E-state index is 13.1. The van der Waals surface area contributed by atoms with Gasteiger partial charge >= 0.3 is 0 Å². The van der Waals surface area contributed by atoms with Gasteiger partial charge in [0.2, 0.25) is 0 Å². The number of aldehydes is 1. The van der Waals surface area contributed by atoms with E-state index in [9.17, 15) is 9.18 Å². The standard InChI is InChI=1S/C10H8FNO2/c1-14-9-3-7(11)2-8-6(5-13)4-12-10(8)9/h2-5,12H,1H3. The highest BCUT2D eigenvalue weighted by molar-refractivity contribution is 5.99. The highest BCUT2D eigenvalue weighted by Crippen LogP contribution is 2.27. The molecule has 1 aromatic carbocycles. The molecule has 0 unspecified atom stereocenters. The molecule has 0 saturated carbocycles. The van der Waals surface area contributed by atoms with Gasteiger partial charge in [-0.1, -0.05) is 0 Å². The zero-order valence-corrected chi connectivity index (χ0v) is 7.50. The summed E-state index contributed by atoms with van der Waals surface area (Å²) in [6.07, 6.45) is 2.21. The maximum atomic E-state index is 13.1. The lowest BCUT2D eigenvalue weighted by Crippen LogP contribution is -1.86. The summed E-state index contributed by atoms with van der Waals surface area (Å²) in [5.74, 6) is -0.0230. The number of ether oxygens (including phenoxy) is 1. The van der Waals surface area contributed by atoms with Crippen LogP contribution in [0.5, 0.6) is 5.75 Å². The predicted molar refractivity (Wildman–Crippen MR) is 50.2 cm³/mol. The third-order valence-corrected chi connectivity index (χ3v) is 2.10. The fourth-order valence-corrected chi connectivity index (χ4v) is 1.44. The van der Waals surface area contributed by atoms with Crippen LogP contribution in [0, 0.1) is 5.82 Å². The second-order valence-electron chi connectivity index (χ2n) is 2.89. The molecule has 0 aliphatic rings. The number of aromatic nitrogens is 1. The molecule has 3 nitrogen and oxygen atoms in total. The van der Waals surface area contributed by atoms with Crippen molar-refractivity contribution < 1.29 is 13.9 Å². The highest BCUT2D eigenvalue weighted by atomic mass is 19.1. The smallest absolute Gasteiger partial charge is 0.152 e. The van der Waals surface area contributed by atoms with Crippen molar-refractivity contribution >= 4 is 17.2 Å². The van der Waals surface area contributed by atoms with Gasteiger partial charge in [0.05, 0.1) is 12.6 Å². The summed E-state index contributed by atoms with van der Waals surface area (Å²) < 4.78 is 18.0. The van der Waals surface area contributed by atoms with Gasteiger partial charge in [-0.2, -0.15) is 0 Å². The number of H-pyrrole nitrogens is 1. The van der Waals surface area contributed by atoms with Gasteiger partial charge in [0, 0.05) is 23.2 Å². The number of rotatable bonds is 2. The molecule has 2 aromatic rings. The lowest BCUT2D eigenvalue weighted by molar-refractivity contribution is 0.112. The Kier molecular flexibility index (Phi) is 1.96. The second kappa shape index (κ2) is 3.14. The molecule has 0 atom stereocenters. The first kappa shape index (κ1) is 8.74. The Morgan fingerprint density at radius 2 is 2.29 bits per heavy atom. The van der Waals surface area contributed by atoms with Crippen molar-refractivity contribution in [3.8, 4) is 5.75 Å². The quantitative estimate of drug-likeness (QED) is 0.742. The third kappa shape index (κ3) is 1.16. The van der Waals surface area contributed by atoms with Gasteiger partial charge in [-0.05, 0) is 6.07 Å². The molecule has 14 heavy (non-hydrogen) atoms. The number of halogens is 1. The van der Waals surface area contributed by atoms with Gasteiger partial charge in [0.25, 0.3) is 0 Å². The van der Waals surface area contributed by atoms with Crippen LogP contribution in [0.1, 0.15) is 10.4 Å². The molecule has 0 amide bonds. The van der Waals surface area contributed by atoms with E-state index in [1.165, 1.54) is 25.4 Å². The van der Waals surface area contributed by atoms with Crippen LogP contribution in [-0.4, -0.2) is 18.4 Å². The van der Waals surface area contributed by atoms with E-state index in [2.05, 4.69) is 4.98 Å². The van der Waals surface area contributed by atoms with Gasteiger partial charge in [-0.3, -0.25) is 4.79 Å². The average Bonchev–Trinajstić information content (AvgIpc) is 2.59. The van der Waals surface area contributed by atoms with Gasteiger partial charge in [-0.25, -0.2) is 4.39 Å². The number of carbonyl (C=O) groups is 1. The number of fused-ring (bicyclic) bond motifs is 1. The van der Waals surface area contributed by atoms with Gasteiger partial charge < -0.3 is 9.72 Å². The molecule has 1 aromatic heterocycles. The van der Waals surface area contributed by atoms with Crippen molar-refractivity contribution in [2.24, 2.45) is 0 Å². The number of nitrogens with one attached hydrogen (secondary N) is 1. The molecule has 0 aliphatic heterocycles. The first-order valence-corrected chi connectivity index (χ1v) is 4.06. The molecular weight excluding hydrogens is 185 g/mol. The highest BCUT2D eigenvalue weighted by Gasteiger charge is 2.09. The van der Waals surface area contributed by atoms with Crippen LogP contribution in [0.4, 0.5) is 4.39 Å². The SMILES string of the molecule is COc1cc(F)cc2c(C=O)c[nH]c12. The van der Waals surface area contributed by atoms with Crippen LogP contribution < -0.4 is 4.74 Å². The topological polar surface area (TPSA) is 42.1 Å². The van der Waals surface area contributed by atoms with Crippen molar-refractivity contribution in [3.05, 3.63) is 29.7 Å². The Labute approximate surface area is 79.5 Å². The number of carbonyl (C=O) groups excluding carboxylic acids is 1. The Balaban J connectivity index is 2.83. The Hall–Kier alpha value is -1.84. The number of aromatic amines is 1. The van der Waals surface area contributed by atoms with E-state index >= 15 is 0 Å². The molecule has 0 radical (unpaired) electrons. The normalized spacial score (nSPS) is 10.4. The van der Waals surface area contributed by atoms with E-state index in [-0.39, 0.29) is 0 Å². The van der Waals surface area contributed by atoms with E-state index in [0.29, 0.717) is 28.5 Å². The Morgan fingerprint density at radius 1 is 1.50 bits per heavy atom. The monoisotopic (exact) mass is 193 g/mol. The molecule has 0 bridgehead atoms. The van der Waals surface area contributed by atoms with E-state index in [0.717, 1.165) is 0 Å². The number of benzene rings is 1. The third-order valence-electron chi connectivity index (χ3n) is 2.10. The molecule has 72 valence electrons. The summed E-state index contributed by atoms with van der Waals surface area (Å²) in [5, 5.41) is 0.539. The van der Waals surface area contributed by atoms with Crippen molar-refractivity contribution in [1.82, 2.24) is 4.98 Å². The Bertz CT molecular complexity index is 490. The lowest BCUT2D eigenvalue weighted by Gasteiger charge is -2.01. The van der Waals surface area contributed by atoms with Crippen molar-refractivity contribution in [2.45, 2.75) is 0 Å². The molecule has 1 N–H and O–H groups in total. The fourth-order valence-electron chi connectivity index (χ4n) is 1.44. The number of methoxy groups -OCH3 is 1. The summed E-state index contributed by atoms with van der Waals surface area (Å²) in [6, 6.07) is 2.57. The predicted octanol–water partition coefficient (Wildman–Crippen LogP) is 2.13. The van der Waals surface area contributed by atoms with Crippen LogP contribution in [0.25, 0.3) is 10.9 Å². The van der Waals surface area contributed by atoms with Crippen molar-refractivity contribution in [1.29, 1.82) is 0 Å². The Morgan fingerprint density at radius 3 is 2.93 bits per heavy atom. The second-order valence-corrected chi connectivity index (χ2v) is 2.89. The summed E-state index contributed by atoms with van der Waals surface area (Å²) in [7, 11) is 1.45. The summed E-state index contributed by atoms with van der Waals surface area (Å²) >= 11 is 0. The van der Waals surface area contributed by atoms with Crippen LogP contribution in [0.3, 0.4) is 0 Å². The minimum Gasteiger partial charge on any atom is -0.494 e.